The average Bonchev–Trinajstić information content (AvgIpc) is 2.77. The molecular formula is C23H29N2+. The summed E-state index contributed by atoms with van der Waals surface area (Å²) in [5.74, 6) is 0. The highest BCUT2D eigenvalue weighted by Crippen LogP contribution is 2.54. The van der Waals surface area contributed by atoms with Crippen LogP contribution >= 0.6 is 0 Å². The number of hydrogen-bond acceptors (Lipinski definition) is 1. The molecule has 0 aromatic heterocycles. The van der Waals surface area contributed by atoms with Crippen LogP contribution in [0.25, 0.3) is 0 Å². The molecule has 1 unspecified atom stereocenters. The first-order chi connectivity index (χ1) is 11.7. The molecule has 2 aromatic carbocycles. The second kappa shape index (κ2) is 4.97. The van der Waals surface area contributed by atoms with Gasteiger partial charge in [0.1, 0.15) is 17.8 Å². The predicted molar refractivity (Wildman–Crippen MR) is 107 cm³/mol. The molecule has 2 aromatic rings. The first-order valence-electron chi connectivity index (χ1n) is 9.35. The second-order valence-corrected chi connectivity index (χ2v) is 8.32. The number of hydrogen-bond donors (Lipinski definition) is 0. The number of likely N-dealkylation sites (N-methyl/N-ethyl adjacent to an activating group) is 1. The highest BCUT2D eigenvalue weighted by Gasteiger charge is 2.62. The van der Waals surface area contributed by atoms with Crippen LogP contribution in [0.3, 0.4) is 0 Å². The fraction of sp³-hybridized carbons (Fsp3) is 0.435. The second-order valence-electron chi connectivity index (χ2n) is 8.32. The van der Waals surface area contributed by atoms with Gasteiger partial charge >= 0.3 is 0 Å². The number of fused-ring (bicyclic) bond motifs is 4. The third-order valence-corrected chi connectivity index (χ3v) is 7.03. The average molecular weight is 333 g/mol. The third-order valence-electron chi connectivity index (χ3n) is 7.03. The van der Waals surface area contributed by atoms with E-state index in [1.54, 1.807) is 0 Å². The lowest BCUT2D eigenvalue weighted by molar-refractivity contribution is -0.440. The SMILES string of the molecule is CC[N+]1=C2c3ccccc3C(C)(C)C2(C)N(C)c2cc(C)c(C)cc21. The lowest BCUT2D eigenvalue weighted by Crippen LogP contribution is -2.62. The van der Waals surface area contributed by atoms with Crippen molar-refractivity contribution in [1.29, 1.82) is 0 Å². The zero-order valence-electron chi connectivity index (χ0n) is 16.6. The van der Waals surface area contributed by atoms with Crippen molar-refractivity contribution in [3.05, 3.63) is 58.7 Å². The van der Waals surface area contributed by atoms with Crippen molar-refractivity contribution < 1.29 is 4.58 Å². The molecule has 1 atom stereocenters. The standard InChI is InChI=1S/C23H29N2/c1-8-25-20-14-16(3)15(2)13-19(20)24(7)23(6)21(25)17-11-9-10-12-18(17)22(23,4)5/h9-14H,8H2,1-7H3/q+1. The van der Waals surface area contributed by atoms with Gasteiger partial charge in [0.25, 0.3) is 0 Å². The van der Waals surface area contributed by atoms with E-state index in [1.165, 1.54) is 39.3 Å². The van der Waals surface area contributed by atoms with Gasteiger partial charge in [0.2, 0.25) is 11.4 Å². The maximum absolute atomic E-state index is 2.55. The summed E-state index contributed by atoms with van der Waals surface area (Å²) in [6.45, 7) is 14.9. The molecule has 0 spiro atoms. The van der Waals surface area contributed by atoms with E-state index in [4.69, 9.17) is 0 Å². The van der Waals surface area contributed by atoms with E-state index < -0.39 is 0 Å². The van der Waals surface area contributed by atoms with Crippen LogP contribution in [-0.4, -0.2) is 29.4 Å². The van der Waals surface area contributed by atoms with Crippen LogP contribution in [0.4, 0.5) is 11.4 Å². The molecule has 1 heterocycles. The molecule has 0 saturated carbocycles. The van der Waals surface area contributed by atoms with Crippen molar-refractivity contribution in [2.24, 2.45) is 0 Å². The molecular weight excluding hydrogens is 304 g/mol. The lowest BCUT2D eigenvalue weighted by atomic mass is 9.71. The normalized spacial score (nSPS) is 23.4. The fourth-order valence-electron chi connectivity index (χ4n) is 5.00. The van der Waals surface area contributed by atoms with Gasteiger partial charge in [-0.25, -0.2) is 0 Å². The van der Waals surface area contributed by atoms with E-state index in [2.05, 4.69) is 94.5 Å². The minimum absolute atomic E-state index is 0.0393. The Balaban J connectivity index is 2.16. The summed E-state index contributed by atoms with van der Waals surface area (Å²) < 4.78 is 2.55. The molecule has 25 heavy (non-hydrogen) atoms. The Kier molecular flexibility index (Phi) is 3.26. The summed E-state index contributed by atoms with van der Waals surface area (Å²) in [7, 11) is 2.27. The molecule has 1 aliphatic heterocycles. The Hall–Kier alpha value is -2.09. The molecule has 1 aliphatic carbocycles. The minimum atomic E-state index is -0.0681. The summed E-state index contributed by atoms with van der Waals surface area (Å²) >= 11 is 0. The van der Waals surface area contributed by atoms with Crippen LogP contribution < -0.4 is 4.90 Å². The maximum Gasteiger partial charge on any atom is 0.229 e. The van der Waals surface area contributed by atoms with Gasteiger partial charge in [0, 0.05) is 24.1 Å². The van der Waals surface area contributed by atoms with Crippen LogP contribution in [0.15, 0.2) is 36.4 Å². The van der Waals surface area contributed by atoms with Crippen molar-refractivity contribution in [1.82, 2.24) is 0 Å². The van der Waals surface area contributed by atoms with E-state index in [1.807, 2.05) is 0 Å². The molecule has 0 bridgehead atoms. The highest BCUT2D eigenvalue weighted by atomic mass is 15.3. The van der Waals surface area contributed by atoms with E-state index in [0.29, 0.717) is 0 Å². The van der Waals surface area contributed by atoms with Crippen LogP contribution in [0, 0.1) is 13.8 Å². The summed E-state index contributed by atoms with van der Waals surface area (Å²) in [4.78, 5) is 2.52. The van der Waals surface area contributed by atoms with Crippen molar-refractivity contribution >= 4 is 17.1 Å². The number of aryl methyl sites for hydroxylation is 2. The third kappa shape index (κ3) is 1.78. The van der Waals surface area contributed by atoms with Gasteiger partial charge in [-0.3, -0.25) is 0 Å². The van der Waals surface area contributed by atoms with Crippen molar-refractivity contribution in [2.45, 2.75) is 52.5 Å². The number of nitrogens with zero attached hydrogens (tertiary/aromatic N) is 2. The molecule has 2 heteroatoms. The van der Waals surface area contributed by atoms with Gasteiger partial charge in [0.15, 0.2) is 0 Å². The number of anilines is 1. The smallest absolute Gasteiger partial charge is 0.229 e. The van der Waals surface area contributed by atoms with Crippen LogP contribution in [0.5, 0.6) is 0 Å². The van der Waals surface area contributed by atoms with Gasteiger partial charge in [-0.1, -0.05) is 32.0 Å². The van der Waals surface area contributed by atoms with Gasteiger partial charge < -0.3 is 4.90 Å². The fourth-order valence-corrected chi connectivity index (χ4v) is 5.00. The number of rotatable bonds is 1. The maximum atomic E-state index is 2.55. The molecule has 4 rings (SSSR count). The molecule has 2 nitrogen and oxygen atoms in total. The van der Waals surface area contributed by atoms with Crippen LogP contribution in [0.1, 0.15) is 49.9 Å². The van der Waals surface area contributed by atoms with Gasteiger partial charge in [-0.15, -0.1) is 0 Å². The molecule has 0 fully saturated rings. The Morgan fingerprint density at radius 2 is 1.64 bits per heavy atom. The molecule has 2 aliphatic rings. The molecule has 0 saturated heterocycles. The first kappa shape index (κ1) is 16.4. The first-order valence-corrected chi connectivity index (χ1v) is 9.35. The number of benzene rings is 2. The van der Waals surface area contributed by atoms with Crippen molar-refractivity contribution in [2.75, 3.05) is 18.5 Å². The highest BCUT2D eigenvalue weighted by molar-refractivity contribution is 6.13. The Morgan fingerprint density at radius 1 is 1.00 bits per heavy atom. The van der Waals surface area contributed by atoms with E-state index in [9.17, 15) is 0 Å². The lowest BCUT2D eigenvalue weighted by Gasteiger charge is -2.47. The molecule has 0 N–H and O–H groups in total. The summed E-state index contributed by atoms with van der Waals surface area (Å²) in [5, 5.41) is 0. The van der Waals surface area contributed by atoms with Crippen molar-refractivity contribution in [3.63, 3.8) is 0 Å². The van der Waals surface area contributed by atoms with Crippen LogP contribution in [-0.2, 0) is 5.41 Å². The minimum Gasteiger partial charge on any atom is -0.353 e. The predicted octanol–water partition coefficient (Wildman–Crippen LogP) is 4.96. The van der Waals surface area contributed by atoms with E-state index >= 15 is 0 Å². The monoisotopic (exact) mass is 333 g/mol. The van der Waals surface area contributed by atoms with Gasteiger partial charge in [-0.2, -0.15) is 4.58 Å². The van der Waals surface area contributed by atoms with E-state index in [0.717, 1.165) is 6.54 Å². The molecule has 0 amide bonds. The van der Waals surface area contributed by atoms with Gasteiger partial charge in [-0.05, 0) is 56.5 Å². The largest absolute Gasteiger partial charge is 0.353 e. The summed E-state index contributed by atoms with van der Waals surface area (Å²) in [5.41, 5.74) is 9.70. The molecule has 130 valence electrons. The Bertz CT molecular complexity index is 920. The van der Waals surface area contributed by atoms with Crippen molar-refractivity contribution in [3.8, 4) is 0 Å². The Labute approximate surface area is 151 Å². The zero-order chi connectivity index (χ0) is 18.1. The topological polar surface area (TPSA) is 6.25 Å². The summed E-state index contributed by atoms with van der Waals surface area (Å²) in [6.07, 6.45) is 0. The Morgan fingerprint density at radius 3 is 2.32 bits per heavy atom. The van der Waals surface area contributed by atoms with E-state index in [-0.39, 0.29) is 11.0 Å². The zero-order valence-corrected chi connectivity index (χ0v) is 16.6. The van der Waals surface area contributed by atoms with Crippen LogP contribution in [0.2, 0.25) is 0 Å². The quantitative estimate of drug-likeness (QED) is 0.669. The summed E-state index contributed by atoms with van der Waals surface area (Å²) in [6, 6.07) is 13.7. The van der Waals surface area contributed by atoms with Gasteiger partial charge in [0.05, 0.1) is 0 Å². The molecule has 0 radical (unpaired) electrons.